The van der Waals surface area contributed by atoms with Crippen LogP contribution in [0.25, 0.3) is 0 Å². The van der Waals surface area contributed by atoms with Gasteiger partial charge in [-0.25, -0.2) is 8.78 Å². The third-order valence-electron chi connectivity index (χ3n) is 7.39. The van der Waals surface area contributed by atoms with E-state index in [0.717, 1.165) is 0 Å². The minimum atomic E-state index is -2.69. The second kappa shape index (κ2) is 10.2. The molecule has 1 aliphatic carbocycles. The number of nitrogens with one attached hydrogen (secondary N) is 1. The fourth-order valence-corrected chi connectivity index (χ4v) is 5.84. The molecule has 2 amide bonds. The lowest BCUT2D eigenvalue weighted by atomic mass is 9.77. The number of aliphatic hydroxyl groups is 1. The quantitative estimate of drug-likeness (QED) is 0.468. The molecule has 1 aromatic heterocycles. The molecule has 3 aromatic rings. The molecular formula is C28H26ClF2N3O3. The van der Waals surface area contributed by atoms with Gasteiger partial charge in [0.1, 0.15) is 0 Å². The van der Waals surface area contributed by atoms with E-state index in [0.29, 0.717) is 16.8 Å². The van der Waals surface area contributed by atoms with Gasteiger partial charge in [-0.15, -0.1) is 11.6 Å². The van der Waals surface area contributed by atoms with E-state index in [4.69, 9.17) is 11.6 Å². The lowest BCUT2D eigenvalue weighted by molar-refractivity contribution is -0.132. The molecule has 9 heteroatoms. The van der Waals surface area contributed by atoms with Gasteiger partial charge in [-0.05, 0) is 42.5 Å². The molecule has 0 unspecified atom stereocenters. The third-order valence-corrected chi connectivity index (χ3v) is 7.93. The van der Waals surface area contributed by atoms with Gasteiger partial charge >= 0.3 is 0 Å². The number of halogens is 3. The van der Waals surface area contributed by atoms with Crippen molar-refractivity contribution in [3.8, 4) is 0 Å². The Morgan fingerprint density at radius 1 is 1.11 bits per heavy atom. The van der Waals surface area contributed by atoms with E-state index in [1.807, 2.05) is 0 Å². The number of rotatable bonds is 6. The number of aromatic nitrogens is 1. The summed E-state index contributed by atoms with van der Waals surface area (Å²) in [6.07, 6.45) is 0.351. The summed E-state index contributed by atoms with van der Waals surface area (Å²) in [5, 5.41) is 13.8. The Hall–Kier alpha value is -3.36. The molecule has 0 spiro atoms. The first-order chi connectivity index (χ1) is 17.8. The molecule has 0 bridgehead atoms. The molecule has 2 heterocycles. The summed E-state index contributed by atoms with van der Waals surface area (Å²) in [5.41, 5.74) is -0.187. The predicted molar refractivity (Wildman–Crippen MR) is 136 cm³/mol. The second-order valence-corrected chi connectivity index (χ2v) is 10.1. The van der Waals surface area contributed by atoms with E-state index in [9.17, 15) is 23.5 Å². The molecule has 1 saturated carbocycles. The zero-order chi connectivity index (χ0) is 26.2. The van der Waals surface area contributed by atoms with Crippen molar-refractivity contribution in [1.29, 1.82) is 0 Å². The SMILES string of the molecule is O=C(N[C@@H]1C[C@@H](Cl)[C@@H](CN2C(=O)[C@@](O)(c3ccccc3)c3ccccc32)C[C@H]1C(F)F)c1cccnc1. The molecule has 2 aromatic carbocycles. The zero-order valence-corrected chi connectivity index (χ0v) is 20.6. The van der Waals surface area contributed by atoms with Crippen molar-refractivity contribution in [3.63, 3.8) is 0 Å². The Balaban J connectivity index is 1.38. The van der Waals surface area contributed by atoms with E-state index in [1.54, 1.807) is 66.7 Å². The molecule has 0 saturated heterocycles. The summed E-state index contributed by atoms with van der Waals surface area (Å²) in [5.74, 6) is -2.63. The van der Waals surface area contributed by atoms with Crippen molar-refractivity contribution < 1.29 is 23.5 Å². The van der Waals surface area contributed by atoms with Crippen molar-refractivity contribution >= 4 is 29.1 Å². The van der Waals surface area contributed by atoms with Crippen molar-refractivity contribution in [2.45, 2.75) is 36.3 Å². The largest absolute Gasteiger partial charge is 0.372 e. The van der Waals surface area contributed by atoms with Gasteiger partial charge in [-0.1, -0.05) is 48.5 Å². The first-order valence-corrected chi connectivity index (χ1v) is 12.6. The van der Waals surface area contributed by atoms with E-state index < -0.39 is 47.1 Å². The minimum absolute atomic E-state index is 0.0134. The Labute approximate surface area is 218 Å². The van der Waals surface area contributed by atoms with Gasteiger partial charge in [0.15, 0.2) is 5.60 Å². The van der Waals surface area contributed by atoms with Gasteiger partial charge in [-0.2, -0.15) is 0 Å². The molecule has 6 nitrogen and oxygen atoms in total. The summed E-state index contributed by atoms with van der Waals surface area (Å²) in [7, 11) is 0. The summed E-state index contributed by atoms with van der Waals surface area (Å²) in [6, 6.07) is 17.9. The number of carbonyl (C=O) groups excluding carboxylic acids is 2. The number of hydrogen-bond acceptors (Lipinski definition) is 4. The van der Waals surface area contributed by atoms with Crippen LogP contribution in [0.5, 0.6) is 0 Å². The van der Waals surface area contributed by atoms with Gasteiger partial charge < -0.3 is 15.3 Å². The Bertz CT molecular complexity index is 1280. The maximum Gasteiger partial charge on any atom is 0.268 e. The third kappa shape index (κ3) is 4.60. The zero-order valence-electron chi connectivity index (χ0n) is 19.8. The van der Waals surface area contributed by atoms with Crippen LogP contribution in [0.15, 0.2) is 79.1 Å². The molecule has 1 fully saturated rings. The summed E-state index contributed by atoms with van der Waals surface area (Å²) >= 11 is 6.71. The van der Waals surface area contributed by atoms with Gasteiger partial charge in [0.25, 0.3) is 11.8 Å². The Morgan fingerprint density at radius 3 is 2.54 bits per heavy atom. The number of fused-ring (bicyclic) bond motifs is 1. The fraction of sp³-hybridized carbons (Fsp3) is 0.321. The van der Waals surface area contributed by atoms with Gasteiger partial charge in [0.05, 0.1) is 11.3 Å². The number of nitrogens with zero attached hydrogens (tertiary/aromatic N) is 2. The molecule has 0 radical (unpaired) electrons. The van der Waals surface area contributed by atoms with E-state index >= 15 is 0 Å². The minimum Gasteiger partial charge on any atom is -0.372 e. The standard InChI is InChI=1S/C28H26ClF2N3O3/c29-22-14-23(33-26(35)17-7-6-12-32-15-17)20(25(30)31)13-18(22)16-34-24-11-5-4-10-21(24)28(37,27(34)36)19-8-2-1-3-9-19/h1-12,15,18,20,22-23,25,37H,13-14,16H2,(H,33,35)/t18-,20-,22-,23-,28-/m1/s1. The van der Waals surface area contributed by atoms with Crippen LogP contribution in [0, 0.1) is 11.8 Å². The lowest BCUT2D eigenvalue weighted by Crippen LogP contribution is -2.52. The average Bonchev–Trinajstić information content (AvgIpc) is 3.13. The maximum absolute atomic E-state index is 14.2. The molecule has 5 rings (SSSR count). The molecule has 5 atom stereocenters. The summed E-state index contributed by atoms with van der Waals surface area (Å²) < 4.78 is 28.3. The number of alkyl halides is 3. The first-order valence-electron chi connectivity index (χ1n) is 12.1. The molecular weight excluding hydrogens is 500 g/mol. The average molecular weight is 526 g/mol. The number of benzene rings is 2. The Kier molecular flexibility index (Phi) is 6.96. The lowest BCUT2D eigenvalue weighted by Gasteiger charge is -2.40. The number of anilines is 1. The second-order valence-electron chi connectivity index (χ2n) is 9.58. The van der Waals surface area contributed by atoms with Crippen LogP contribution in [0.3, 0.4) is 0 Å². The number of hydrogen-bond donors (Lipinski definition) is 2. The van der Waals surface area contributed by atoms with E-state index in [2.05, 4.69) is 10.3 Å². The topological polar surface area (TPSA) is 82.5 Å². The smallest absolute Gasteiger partial charge is 0.268 e. The molecule has 1 aliphatic heterocycles. The summed E-state index contributed by atoms with van der Waals surface area (Å²) in [4.78, 5) is 31.6. The number of pyridine rings is 1. The predicted octanol–water partition coefficient (Wildman–Crippen LogP) is 4.36. The highest BCUT2D eigenvalue weighted by molar-refractivity contribution is 6.21. The number of carbonyl (C=O) groups is 2. The highest BCUT2D eigenvalue weighted by atomic mass is 35.5. The van der Waals surface area contributed by atoms with Crippen molar-refractivity contribution in [3.05, 3.63) is 95.8 Å². The van der Waals surface area contributed by atoms with Crippen LogP contribution < -0.4 is 10.2 Å². The van der Waals surface area contributed by atoms with Gasteiger partial charge in [-0.3, -0.25) is 14.6 Å². The summed E-state index contributed by atoms with van der Waals surface area (Å²) in [6.45, 7) is 0.0750. The van der Waals surface area contributed by atoms with E-state index in [1.165, 1.54) is 17.3 Å². The van der Waals surface area contributed by atoms with Crippen LogP contribution in [0.4, 0.5) is 14.5 Å². The van der Waals surface area contributed by atoms with Crippen LogP contribution in [-0.4, -0.2) is 46.3 Å². The van der Waals surface area contributed by atoms with Crippen LogP contribution in [0.1, 0.15) is 34.3 Å². The van der Waals surface area contributed by atoms with Crippen molar-refractivity contribution in [2.24, 2.45) is 11.8 Å². The van der Waals surface area contributed by atoms with E-state index in [-0.39, 0.29) is 24.9 Å². The molecule has 2 aliphatic rings. The first kappa shape index (κ1) is 25.3. The van der Waals surface area contributed by atoms with Crippen molar-refractivity contribution in [1.82, 2.24) is 10.3 Å². The van der Waals surface area contributed by atoms with Crippen molar-refractivity contribution in [2.75, 3.05) is 11.4 Å². The number of para-hydroxylation sites is 1. The monoisotopic (exact) mass is 525 g/mol. The maximum atomic E-state index is 14.2. The molecule has 192 valence electrons. The van der Waals surface area contributed by atoms with Crippen LogP contribution in [0.2, 0.25) is 0 Å². The number of amides is 2. The molecule has 37 heavy (non-hydrogen) atoms. The van der Waals surface area contributed by atoms with Gasteiger partial charge in [0.2, 0.25) is 6.43 Å². The molecule has 2 N–H and O–H groups in total. The Morgan fingerprint density at radius 2 is 1.84 bits per heavy atom. The highest BCUT2D eigenvalue weighted by Crippen LogP contribution is 2.46. The van der Waals surface area contributed by atoms with Crippen LogP contribution >= 0.6 is 11.6 Å². The fourth-order valence-electron chi connectivity index (χ4n) is 5.46. The normalized spacial score (nSPS) is 27.3. The highest BCUT2D eigenvalue weighted by Gasteiger charge is 2.52. The van der Waals surface area contributed by atoms with Gasteiger partial charge in [0, 0.05) is 41.8 Å². The van der Waals surface area contributed by atoms with Crippen LogP contribution in [-0.2, 0) is 10.4 Å².